The average molecular weight is 275 g/mol. The number of aromatic nitrogens is 3. The fraction of sp³-hybridized carbons (Fsp3) is 0.250. The van der Waals surface area contributed by atoms with Crippen molar-refractivity contribution in [2.75, 3.05) is 11.9 Å². The third kappa shape index (κ3) is 3.37. The maximum atomic E-state index is 10.9. The minimum absolute atomic E-state index is 0.102. The van der Waals surface area contributed by atoms with Gasteiger partial charge in [0.2, 0.25) is 0 Å². The lowest BCUT2D eigenvalue weighted by molar-refractivity contribution is -0.384. The van der Waals surface area contributed by atoms with E-state index in [0.717, 1.165) is 6.42 Å². The zero-order valence-corrected chi connectivity index (χ0v) is 10.6. The molecule has 8 nitrogen and oxygen atoms in total. The summed E-state index contributed by atoms with van der Waals surface area (Å²) in [5.74, 6) is 0. The van der Waals surface area contributed by atoms with Gasteiger partial charge in [-0.1, -0.05) is 5.21 Å². The van der Waals surface area contributed by atoms with Crippen LogP contribution in [0, 0.1) is 10.1 Å². The number of aldehydes is 1. The molecule has 0 radical (unpaired) electrons. The van der Waals surface area contributed by atoms with Crippen molar-refractivity contribution in [2.24, 2.45) is 0 Å². The summed E-state index contributed by atoms with van der Waals surface area (Å²) in [6.07, 6.45) is 4.68. The SMILES string of the molecule is O=Cc1ccc(NCCCn2ccnn2)c([N+](=O)[O-])c1. The molecule has 1 aromatic carbocycles. The summed E-state index contributed by atoms with van der Waals surface area (Å²) in [7, 11) is 0. The van der Waals surface area contributed by atoms with Crippen LogP contribution in [0.2, 0.25) is 0 Å². The molecule has 0 amide bonds. The summed E-state index contributed by atoms with van der Waals surface area (Å²) >= 11 is 0. The summed E-state index contributed by atoms with van der Waals surface area (Å²) in [4.78, 5) is 21.1. The Morgan fingerprint density at radius 2 is 2.30 bits per heavy atom. The van der Waals surface area contributed by atoms with Crippen molar-refractivity contribution in [1.29, 1.82) is 0 Å². The highest BCUT2D eigenvalue weighted by molar-refractivity contribution is 5.79. The molecule has 8 heteroatoms. The quantitative estimate of drug-likeness (QED) is 0.355. The molecule has 0 aliphatic heterocycles. The van der Waals surface area contributed by atoms with E-state index < -0.39 is 4.92 Å². The number of nitrogens with one attached hydrogen (secondary N) is 1. The van der Waals surface area contributed by atoms with E-state index in [0.29, 0.717) is 25.1 Å². The fourth-order valence-electron chi connectivity index (χ4n) is 1.74. The zero-order chi connectivity index (χ0) is 14.4. The van der Waals surface area contributed by atoms with Crippen molar-refractivity contribution in [1.82, 2.24) is 15.0 Å². The number of benzene rings is 1. The van der Waals surface area contributed by atoms with Gasteiger partial charge in [-0.3, -0.25) is 19.6 Å². The Morgan fingerprint density at radius 3 is 2.95 bits per heavy atom. The monoisotopic (exact) mass is 275 g/mol. The lowest BCUT2D eigenvalue weighted by atomic mass is 10.2. The van der Waals surface area contributed by atoms with E-state index in [4.69, 9.17) is 0 Å². The van der Waals surface area contributed by atoms with Crippen molar-refractivity contribution < 1.29 is 9.72 Å². The van der Waals surface area contributed by atoms with Gasteiger partial charge >= 0.3 is 0 Å². The third-order valence-electron chi connectivity index (χ3n) is 2.71. The zero-order valence-electron chi connectivity index (χ0n) is 10.6. The number of nitrogens with zero attached hydrogens (tertiary/aromatic N) is 4. The molecule has 1 N–H and O–H groups in total. The molecular weight excluding hydrogens is 262 g/mol. The number of carbonyl (C=O) groups excluding carboxylic acids is 1. The van der Waals surface area contributed by atoms with Crippen LogP contribution in [-0.2, 0) is 6.54 Å². The van der Waals surface area contributed by atoms with Gasteiger partial charge < -0.3 is 5.32 Å². The fourth-order valence-corrected chi connectivity index (χ4v) is 1.74. The van der Waals surface area contributed by atoms with Crippen molar-refractivity contribution in [3.05, 3.63) is 46.3 Å². The van der Waals surface area contributed by atoms with E-state index in [1.807, 2.05) is 0 Å². The van der Waals surface area contributed by atoms with Gasteiger partial charge in [0.1, 0.15) is 12.0 Å². The first kappa shape index (κ1) is 13.7. The topological polar surface area (TPSA) is 103 Å². The highest BCUT2D eigenvalue weighted by Gasteiger charge is 2.13. The number of carbonyl (C=O) groups is 1. The molecule has 1 aromatic heterocycles. The van der Waals surface area contributed by atoms with E-state index in [1.165, 1.54) is 12.1 Å². The second kappa shape index (κ2) is 6.41. The minimum atomic E-state index is -0.507. The van der Waals surface area contributed by atoms with Crippen molar-refractivity contribution in [3.63, 3.8) is 0 Å². The lowest BCUT2D eigenvalue weighted by Gasteiger charge is -2.07. The molecular formula is C12H13N5O3. The molecule has 0 aliphatic rings. The number of rotatable bonds is 7. The van der Waals surface area contributed by atoms with E-state index in [2.05, 4.69) is 15.6 Å². The van der Waals surface area contributed by atoms with Gasteiger partial charge in [0.25, 0.3) is 5.69 Å². The Kier molecular flexibility index (Phi) is 4.38. The van der Waals surface area contributed by atoms with Crippen LogP contribution < -0.4 is 5.32 Å². The molecule has 2 aromatic rings. The molecule has 0 fully saturated rings. The number of hydrogen-bond donors (Lipinski definition) is 1. The summed E-state index contributed by atoms with van der Waals surface area (Å²) in [6, 6.07) is 4.34. The van der Waals surface area contributed by atoms with E-state index in [1.54, 1.807) is 23.1 Å². The van der Waals surface area contributed by atoms with E-state index in [-0.39, 0.29) is 11.3 Å². The first-order valence-corrected chi connectivity index (χ1v) is 6.02. The molecule has 0 unspecified atom stereocenters. The Morgan fingerprint density at radius 1 is 1.45 bits per heavy atom. The summed E-state index contributed by atoms with van der Waals surface area (Å²) < 4.78 is 1.69. The number of nitro benzene ring substituents is 1. The third-order valence-corrected chi connectivity index (χ3v) is 2.71. The molecule has 0 saturated heterocycles. The van der Waals surface area contributed by atoms with Crippen LogP contribution in [0.4, 0.5) is 11.4 Å². The first-order valence-electron chi connectivity index (χ1n) is 6.02. The second-order valence-electron chi connectivity index (χ2n) is 4.10. The van der Waals surface area contributed by atoms with Crippen LogP contribution in [0.3, 0.4) is 0 Å². The maximum Gasteiger partial charge on any atom is 0.293 e. The molecule has 20 heavy (non-hydrogen) atoms. The predicted molar refractivity (Wildman–Crippen MR) is 71.6 cm³/mol. The molecule has 104 valence electrons. The molecule has 2 rings (SSSR count). The smallest absolute Gasteiger partial charge is 0.293 e. The molecule has 0 saturated carbocycles. The van der Waals surface area contributed by atoms with Crippen LogP contribution in [0.15, 0.2) is 30.6 Å². The Bertz CT molecular complexity index is 597. The van der Waals surface area contributed by atoms with Crippen molar-refractivity contribution in [2.45, 2.75) is 13.0 Å². The van der Waals surface area contributed by atoms with Crippen molar-refractivity contribution in [3.8, 4) is 0 Å². The highest BCUT2D eigenvalue weighted by Crippen LogP contribution is 2.24. The van der Waals surface area contributed by atoms with Crippen LogP contribution in [0.5, 0.6) is 0 Å². The Balaban J connectivity index is 1.94. The predicted octanol–water partition coefficient (Wildman–Crippen LogP) is 1.50. The van der Waals surface area contributed by atoms with Gasteiger partial charge in [-0.15, -0.1) is 5.10 Å². The van der Waals surface area contributed by atoms with E-state index in [9.17, 15) is 14.9 Å². The van der Waals surface area contributed by atoms with Gasteiger partial charge in [0.05, 0.1) is 11.1 Å². The van der Waals surface area contributed by atoms with Crippen LogP contribution >= 0.6 is 0 Å². The van der Waals surface area contributed by atoms with Crippen LogP contribution in [-0.4, -0.2) is 32.7 Å². The van der Waals surface area contributed by atoms with Gasteiger partial charge in [-0.2, -0.15) is 0 Å². The largest absolute Gasteiger partial charge is 0.379 e. The summed E-state index contributed by atoms with van der Waals surface area (Å²) in [6.45, 7) is 1.23. The number of anilines is 1. The van der Waals surface area contributed by atoms with Crippen LogP contribution in [0.25, 0.3) is 0 Å². The molecule has 0 atom stereocenters. The normalized spacial score (nSPS) is 10.2. The van der Waals surface area contributed by atoms with Gasteiger partial charge in [-0.05, 0) is 18.6 Å². The minimum Gasteiger partial charge on any atom is -0.379 e. The number of hydrogen-bond acceptors (Lipinski definition) is 6. The summed E-state index contributed by atoms with van der Waals surface area (Å²) in [5, 5.41) is 21.4. The van der Waals surface area contributed by atoms with E-state index >= 15 is 0 Å². The maximum absolute atomic E-state index is 10.9. The second-order valence-corrected chi connectivity index (χ2v) is 4.10. The molecule has 0 aliphatic carbocycles. The van der Waals surface area contributed by atoms with Gasteiger partial charge in [0, 0.05) is 30.9 Å². The van der Waals surface area contributed by atoms with Crippen molar-refractivity contribution >= 4 is 17.7 Å². The van der Waals surface area contributed by atoms with Gasteiger partial charge in [-0.25, -0.2) is 0 Å². The number of nitro groups is 1. The average Bonchev–Trinajstić information content (AvgIpc) is 2.96. The standard InChI is InChI=1S/C12H13N5O3/c18-9-10-2-3-11(12(8-10)17(19)20)13-4-1-6-16-7-5-14-15-16/h2-3,5,7-9,13H,1,4,6H2. The Labute approximate surface area is 114 Å². The summed E-state index contributed by atoms with van der Waals surface area (Å²) in [5.41, 5.74) is 0.583. The Hall–Kier alpha value is -2.77. The lowest BCUT2D eigenvalue weighted by Crippen LogP contribution is -2.08. The molecule has 0 bridgehead atoms. The highest BCUT2D eigenvalue weighted by atomic mass is 16.6. The number of aryl methyl sites for hydroxylation is 1. The molecule has 1 heterocycles. The van der Waals surface area contributed by atoms with Crippen LogP contribution in [0.1, 0.15) is 16.8 Å². The van der Waals surface area contributed by atoms with Gasteiger partial charge in [0.15, 0.2) is 0 Å². The first-order chi connectivity index (χ1) is 9.70. The molecule has 0 spiro atoms.